The summed E-state index contributed by atoms with van der Waals surface area (Å²) in [5.41, 5.74) is -0.131. The Morgan fingerprint density at radius 3 is 2.74 bits per heavy atom. The second-order valence-corrected chi connectivity index (χ2v) is 7.53. The number of rotatable bonds is 5. The number of nitrogens with zero attached hydrogens (tertiary/aromatic N) is 1. The van der Waals surface area contributed by atoms with Gasteiger partial charge in [0.1, 0.15) is 5.60 Å². The molecule has 3 amide bonds. The van der Waals surface area contributed by atoms with Crippen molar-refractivity contribution in [3.8, 4) is 0 Å². The predicted octanol–water partition coefficient (Wildman–Crippen LogP) is 1.84. The fourth-order valence-electron chi connectivity index (χ4n) is 2.87. The first kappa shape index (κ1) is 19.1. The van der Waals surface area contributed by atoms with Crippen molar-refractivity contribution < 1.29 is 19.5 Å². The van der Waals surface area contributed by atoms with Gasteiger partial charge in [0.05, 0.1) is 6.54 Å². The number of nitrogens with one attached hydrogen (secondary N) is 2. The molecule has 3 rings (SSSR count). The van der Waals surface area contributed by atoms with Crippen molar-refractivity contribution in [1.82, 2.24) is 5.32 Å². The quantitative estimate of drug-likeness (QED) is 0.682. The van der Waals surface area contributed by atoms with E-state index in [0.717, 1.165) is 6.42 Å². The molecular formula is C19H21N3O4S. The van der Waals surface area contributed by atoms with Gasteiger partial charge in [0.25, 0.3) is 0 Å². The Kier molecular flexibility index (Phi) is 5.57. The van der Waals surface area contributed by atoms with Crippen molar-refractivity contribution in [3.05, 3.63) is 46.7 Å². The van der Waals surface area contributed by atoms with Crippen molar-refractivity contribution in [2.45, 2.75) is 25.4 Å². The zero-order chi connectivity index (χ0) is 19.4. The van der Waals surface area contributed by atoms with Gasteiger partial charge >= 0.3 is 11.8 Å². The van der Waals surface area contributed by atoms with Crippen LogP contribution in [0.4, 0.5) is 11.4 Å². The lowest BCUT2D eigenvalue weighted by Crippen LogP contribution is -2.43. The monoisotopic (exact) mass is 387 g/mol. The number of aliphatic hydroxyl groups is 1. The smallest absolute Gasteiger partial charge is 0.313 e. The zero-order valence-electron chi connectivity index (χ0n) is 14.9. The lowest BCUT2D eigenvalue weighted by Gasteiger charge is -2.22. The van der Waals surface area contributed by atoms with Crippen LogP contribution in [-0.4, -0.2) is 35.9 Å². The summed E-state index contributed by atoms with van der Waals surface area (Å²) < 4.78 is 0. The molecule has 3 N–H and O–H groups in total. The topological polar surface area (TPSA) is 98.7 Å². The Bertz CT molecular complexity index is 848. The van der Waals surface area contributed by atoms with Crippen LogP contribution in [0.25, 0.3) is 0 Å². The summed E-state index contributed by atoms with van der Waals surface area (Å²) >= 11 is 1.37. The van der Waals surface area contributed by atoms with Crippen molar-refractivity contribution in [2.24, 2.45) is 0 Å². The molecule has 27 heavy (non-hydrogen) atoms. The van der Waals surface area contributed by atoms with E-state index in [-0.39, 0.29) is 12.5 Å². The molecule has 1 aromatic heterocycles. The van der Waals surface area contributed by atoms with Crippen LogP contribution in [0.1, 0.15) is 24.6 Å². The molecular weight excluding hydrogens is 366 g/mol. The van der Waals surface area contributed by atoms with E-state index in [9.17, 15) is 19.5 Å². The number of anilines is 2. The van der Waals surface area contributed by atoms with Crippen LogP contribution in [0.15, 0.2) is 41.8 Å². The molecule has 1 aromatic carbocycles. The Morgan fingerprint density at radius 2 is 2.07 bits per heavy atom. The van der Waals surface area contributed by atoms with Crippen molar-refractivity contribution in [2.75, 3.05) is 23.3 Å². The van der Waals surface area contributed by atoms with Crippen LogP contribution in [0.3, 0.4) is 0 Å². The number of benzene rings is 1. The molecule has 0 saturated carbocycles. The molecule has 1 aliphatic rings. The summed E-state index contributed by atoms with van der Waals surface area (Å²) in [5.74, 6) is -1.62. The number of hydrogen-bond acceptors (Lipinski definition) is 5. The molecule has 2 heterocycles. The first-order chi connectivity index (χ1) is 12.9. The summed E-state index contributed by atoms with van der Waals surface area (Å²) in [6, 6.07) is 10.4. The summed E-state index contributed by atoms with van der Waals surface area (Å²) in [7, 11) is 0. The highest BCUT2D eigenvalue weighted by Gasteiger charge is 2.26. The molecule has 2 aromatic rings. The van der Waals surface area contributed by atoms with Gasteiger partial charge in [-0.2, -0.15) is 0 Å². The van der Waals surface area contributed by atoms with Crippen LogP contribution in [-0.2, 0) is 20.0 Å². The maximum atomic E-state index is 12.1. The lowest BCUT2D eigenvalue weighted by molar-refractivity contribution is -0.136. The van der Waals surface area contributed by atoms with Crippen LogP contribution < -0.4 is 15.5 Å². The van der Waals surface area contributed by atoms with Gasteiger partial charge in [-0.15, -0.1) is 11.3 Å². The minimum atomic E-state index is -1.25. The Morgan fingerprint density at radius 1 is 1.26 bits per heavy atom. The van der Waals surface area contributed by atoms with Crippen molar-refractivity contribution in [1.29, 1.82) is 0 Å². The van der Waals surface area contributed by atoms with E-state index in [1.165, 1.54) is 11.3 Å². The Balaban J connectivity index is 1.58. The zero-order valence-corrected chi connectivity index (χ0v) is 15.7. The molecule has 1 unspecified atom stereocenters. The van der Waals surface area contributed by atoms with Gasteiger partial charge in [-0.1, -0.05) is 12.1 Å². The van der Waals surface area contributed by atoms with Gasteiger partial charge in [-0.25, -0.2) is 0 Å². The summed E-state index contributed by atoms with van der Waals surface area (Å²) in [4.78, 5) is 38.4. The van der Waals surface area contributed by atoms with Crippen LogP contribution in [0, 0.1) is 0 Å². The predicted molar refractivity (Wildman–Crippen MR) is 104 cm³/mol. The van der Waals surface area contributed by atoms with E-state index in [0.29, 0.717) is 29.2 Å². The molecule has 1 aliphatic heterocycles. The van der Waals surface area contributed by atoms with E-state index >= 15 is 0 Å². The molecule has 0 spiro atoms. The van der Waals surface area contributed by atoms with E-state index in [4.69, 9.17) is 0 Å². The van der Waals surface area contributed by atoms with Crippen molar-refractivity contribution >= 4 is 40.4 Å². The van der Waals surface area contributed by atoms with Crippen LogP contribution in [0.2, 0.25) is 0 Å². The van der Waals surface area contributed by atoms with Crippen LogP contribution in [0.5, 0.6) is 0 Å². The Labute approximate surface area is 161 Å². The second kappa shape index (κ2) is 7.89. The first-order valence-corrected chi connectivity index (χ1v) is 9.51. The normalized spacial score (nSPS) is 16.1. The number of thiophene rings is 1. The number of amides is 3. The third-order valence-electron chi connectivity index (χ3n) is 4.34. The van der Waals surface area contributed by atoms with E-state index in [2.05, 4.69) is 10.6 Å². The highest BCUT2D eigenvalue weighted by molar-refractivity contribution is 7.10. The Hall–Kier alpha value is -2.71. The third kappa shape index (κ3) is 4.53. The average molecular weight is 387 g/mol. The van der Waals surface area contributed by atoms with Gasteiger partial charge in [-0.3, -0.25) is 14.4 Å². The molecule has 8 heteroatoms. The molecule has 1 fully saturated rings. The molecule has 0 bridgehead atoms. The summed E-state index contributed by atoms with van der Waals surface area (Å²) in [6.45, 7) is 2.14. The highest BCUT2D eigenvalue weighted by Crippen LogP contribution is 2.25. The second-order valence-electron chi connectivity index (χ2n) is 6.59. The third-order valence-corrected chi connectivity index (χ3v) is 5.46. The van der Waals surface area contributed by atoms with Gasteiger partial charge < -0.3 is 20.6 Å². The first-order valence-electron chi connectivity index (χ1n) is 8.63. The highest BCUT2D eigenvalue weighted by atomic mass is 32.1. The standard InChI is InChI=1S/C19H21N3O4S/c1-19(26,15-7-4-10-27-15)12-20-17(24)18(25)21-13-5-2-6-14(11-13)22-9-3-8-16(22)23/h2,4-7,10-11,26H,3,8-9,12H2,1H3,(H,20,24)(H,21,25). The minimum Gasteiger partial charge on any atom is -0.383 e. The molecule has 0 radical (unpaired) electrons. The van der Waals surface area contributed by atoms with E-state index in [1.807, 2.05) is 5.38 Å². The average Bonchev–Trinajstić information content (AvgIpc) is 3.32. The molecule has 0 aliphatic carbocycles. The minimum absolute atomic E-state index is 0.0482. The van der Waals surface area contributed by atoms with Gasteiger partial charge in [0, 0.05) is 29.2 Å². The fraction of sp³-hybridized carbons (Fsp3) is 0.316. The molecule has 142 valence electrons. The number of hydrogen-bond donors (Lipinski definition) is 3. The largest absolute Gasteiger partial charge is 0.383 e. The maximum absolute atomic E-state index is 12.1. The lowest BCUT2D eigenvalue weighted by atomic mass is 10.1. The SMILES string of the molecule is CC(O)(CNC(=O)C(=O)Nc1cccc(N2CCCC2=O)c1)c1cccs1. The van der Waals surface area contributed by atoms with Gasteiger partial charge in [-0.05, 0) is 43.0 Å². The van der Waals surface area contributed by atoms with Gasteiger partial charge in [0.2, 0.25) is 5.91 Å². The van der Waals surface area contributed by atoms with E-state index < -0.39 is 17.4 Å². The summed E-state index contributed by atoms with van der Waals surface area (Å²) in [6.07, 6.45) is 1.32. The molecule has 1 saturated heterocycles. The molecule has 7 nitrogen and oxygen atoms in total. The van der Waals surface area contributed by atoms with Crippen molar-refractivity contribution in [3.63, 3.8) is 0 Å². The maximum Gasteiger partial charge on any atom is 0.313 e. The summed E-state index contributed by atoms with van der Waals surface area (Å²) in [5, 5.41) is 17.2. The fourth-order valence-corrected chi connectivity index (χ4v) is 3.65. The van der Waals surface area contributed by atoms with Gasteiger partial charge in [0.15, 0.2) is 0 Å². The van der Waals surface area contributed by atoms with Crippen LogP contribution >= 0.6 is 11.3 Å². The number of carbonyl (C=O) groups is 3. The molecule has 1 atom stereocenters. The number of carbonyl (C=O) groups excluding carboxylic acids is 3. The van der Waals surface area contributed by atoms with E-state index in [1.54, 1.807) is 48.2 Å².